The van der Waals surface area contributed by atoms with Gasteiger partial charge in [-0.05, 0) is 19.3 Å². The number of amides is 1. The number of carbonyl (C=O) groups excluding carboxylic acids is 1. The Bertz CT molecular complexity index is 265. The van der Waals surface area contributed by atoms with Crippen LogP contribution in [0.3, 0.4) is 0 Å². The fourth-order valence-corrected chi connectivity index (χ4v) is 3.39. The summed E-state index contributed by atoms with van der Waals surface area (Å²) in [5.74, 6) is 0.416. The highest BCUT2D eigenvalue weighted by Crippen LogP contribution is 2.12. The van der Waals surface area contributed by atoms with Crippen LogP contribution >= 0.6 is 0 Å². The normalized spacial score (nSPS) is 11.0. The first kappa shape index (κ1) is 24.5. The average Bonchev–Trinajstić information content (AvgIpc) is 2.62. The molecule has 0 aromatic rings. The van der Waals surface area contributed by atoms with Gasteiger partial charge in [0.05, 0.1) is 0 Å². The van der Waals surface area contributed by atoms with Gasteiger partial charge >= 0.3 is 0 Å². The summed E-state index contributed by atoms with van der Waals surface area (Å²) in [5, 5.41) is 0. The van der Waals surface area contributed by atoms with Gasteiger partial charge in [-0.15, -0.1) is 0 Å². The molecule has 0 aromatic heterocycles. The lowest BCUT2D eigenvalue weighted by Crippen LogP contribution is -2.32. The number of nitrogens with zero attached hydrogens (tertiary/aromatic N) is 1. The standard InChI is InChI=1S/C23H47NO/c1-4-7-10-13-14-15-16-17-20-23(25)24(21-18-11-8-5-2)22-19-12-9-6-3/h4-22H2,1-3H3. The SMILES string of the molecule is CCCCCCCCCCC(=O)N(CCCCCC)CCCCCC. The minimum absolute atomic E-state index is 0.416. The molecule has 0 aliphatic heterocycles. The van der Waals surface area contributed by atoms with Crippen LogP contribution in [0.25, 0.3) is 0 Å². The maximum absolute atomic E-state index is 12.6. The largest absolute Gasteiger partial charge is 0.343 e. The summed E-state index contributed by atoms with van der Waals surface area (Å²) in [7, 11) is 0. The van der Waals surface area contributed by atoms with Gasteiger partial charge in [-0.3, -0.25) is 4.79 Å². The zero-order chi connectivity index (χ0) is 18.6. The number of rotatable bonds is 19. The van der Waals surface area contributed by atoms with E-state index in [2.05, 4.69) is 25.7 Å². The third-order valence-corrected chi connectivity index (χ3v) is 5.16. The van der Waals surface area contributed by atoms with Crippen LogP contribution in [0.5, 0.6) is 0 Å². The van der Waals surface area contributed by atoms with Crippen LogP contribution in [-0.4, -0.2) is 23.9 Å². The Morgan fingerprint density at radius 3 is 1.32 bits per heavy atom. The molecule has 0 heterocycles. The summed E-state index contributed by atoms with van der Waals surface area (Å²) in [6, 6.07) is 0. The Balaban J connectivity index is 3.88. The molecular formula is C23H47NO. The van der Waals surface area contributed by atoms with E-state index in [1.807, 2.05) is 0 Å². The molecule has 0 radical (unpaired) electrons. The first-order chi connectivity index (χ1) is 12.3. The van der Waals surface area contributed by atoms with E-state index >= 15 is 0 Å². The lowest BCUT2D eigenvalue weighted by atomic mass is 10.1. The van der Waals surface area contributed by atoms with E-state index in [0.29, 0.717) is 5.91 Å². The van der Waals surface area contributed by atoms with Crippen LogP contribution in [0.15, 0.2) is 0 Å². The Kier molecular flexibility index (Phi) is 19.4. The molecule has 0 aromatic carbocycles. The fourth-order valence-electron chi connectivity index (χ4n) is 3.39. The molecule has 150 valence electrons. The molecule has 0 atom stereocenters. The summed E-state index contributed by atoms with van der Waals surface area (Å²) in [5.41, 5.74) is 0. The average molecular weight is 354 g/mol. The topological polar surface area (TPSA) is 20.3 Å². The van der Waals surface area contributed by atoms with Gasteiger partial charge in [0, 0.05) is 19.5 Å². The van der Waals surface area contributed by atoms with E-state index in [4.69, 9.17) is 0 Å². The first-order valence-electron chi connectivity index (χ1n) is 11.5. The first-order valence-corrected chi connectivity index (χ1v) is 11.5. The van der Waals surface area contributed by atoms with Gasteiger partial charge in [-0.1, -0.05) is 104 Å². The van der Waals surface area contributed by atoms with Crippen molar-refractivity contribution in [3.8, 4) is 0 Å². The Morgan fingerprint density at radius 1 is 0.520 bits per heavy atom. The lowest BCUT2D eigenvalue weighted by molar-refractivity contribution is -0.131. The Hall–Kier alpha value is -0.530. The summed E-state index contributed by atoms with van der Waals surface area (Å²) in [6.07, 6.45) is 21.3. The third-order valence-electron chi connectivity index (χ3n) is 5.16. The Morgan fingerprint density at radius 2 is 0.880 bits per heavy atom. The van der Waals surface area contributed by atoms with Crippen molar-refractivity contribution in [3.63, 3.8) is 0 Å². The molecule has 0 bridgehead atoms. The van der Waals surface area contributed by atoms with Crippen molar-refractivity contribution in [3.05, 3.63) is 0 Å². The molecule has 0 saturated heterocycles. The zero-order valence-corrected chi connectivity index (χ0v) is 17.8. The van der Waals surface area contributed by atoms with Crippen molar-refractivity contribution >= 4 is 5.91 Å². The van der Waals surface area contributed by atoms with Crippen LogP contribution in [-0.2, 0) is 4.79 Å². The van der Waals surface area contributed by atoms with Crippen LogP contribution < -0.4 is 0 Å². The van der Waals surface area contributed by atoms with Crippen molar-refractivity contribution in [1.82, 2.24) is 4.90 Å². The smallest absolute Gasteiger partial charge is 0.222 e. The second-order valence-corrected chi connectivity index (χ2v) is 7.73. The van der Waals surface area contributed by atoms with Crippen molar-refractivity contribution < 1.29 is 4.79 Å². The van der Waals surface area contributed by atoms with Crippen molar-refractivity contribution in [2.45, 2.75) is 130 Å². The molecule has 0 spiro atoms. The van der Waals surface area contributed by atoms with E-state index in [-0.39, 0.29) is 0 Å². The predicted molar refractivity (Wildman–Crippen MR) is 112 cm³/mol. The van der Waals surface area contributed by atoms with Crippen molar-refractivity contribution in [1.29, 1.82) is 0 Å². The molecule has 0 aliphatic carbocycles. The molecule has 0 fully saturated rings. The molecule has 25 heavy (non-hydrogen) atoms. The highest BCUT2D eigenvalue weighted by atomic mass is 16.2. The predicted octanol–water partition coefficient (Wildman–Crippen LogP) is 7.51. The highest BCUT2D eigenvalue weighted by molar-refractivity contribution is 5.76. The number of hydrogen-bond acceptors (Lipinski definition) is 1. The molecule has 0 saturated carbocycles. The second kappa shape index (κ2) is 19.8. The minimum atomic E-state index is 0.416. The van der Waals surface area contributed by atoms with Crippen molar-refractivity contribution in [2.24, 2.45) is 0 Å². The minimum Gasteiger partial charge on any atom is -0.343 e. The van der Waals surface area contributed by atoms with Crippen LogP contribution in [0, 0.1) is 0 Å². The van der Waals surface area contributed by atoms with E-state index < -0.39 is 0 Å². The maximum Gasteiger partial charge on any atom is 0.222 e. The van der Waals surface area contributed by atoms with Crippen LogP contribution in [0.2, 0.25) is 0 Å². The summed E-state index contributed by atoms with van der Waals surface area (Å²) in [6.45, 7) is 8.73. The van der Waals surface area contributed by atoms with Gasteiger partial charge in [0.25, 0.3) is 0 Å². The van der Waals surface area contributed by atoms with Gasteiger partial charge in [0.1, 0.15) is 0 Å². The quantitative estimate of drug-likeness (QED) is 0.220. The molecule has 0 unspecified atom stereocenters. The third kappa shape index (κ3) is 16.7. The number of hydrogen-bond donors (Lipinski definition) is 0. The lowest BCUT2D eigenvalue weighted by Gasteiger charge is -2.23. The van der Waals surface area contributed by atoms with Gasteiger partial charge in [-0.25, -0.2) is 0 Å². The van der Waals surface area contributed by atoms with Crippen molar-refractivity contribution in [2.75, 3.05) is 13.1 Å². The van der Waals surface area contributed by atoms with Gasteiger partial charge in [0.2, 0.25) is 5.91 Å². The van der Waals surface area contributed by atoms with E-state index in [0.717, 1.165) is 25.9 Å². The molecule has 0 N–H and O–H groups in total. The van der Waals surface area contributed by atoms with Gasteiger partial charge in [-0.2, -0.15) is 0 Å². The van der Waals surface area contributed by atoms with Crippen LogP contribution in [0.1, 0.15) is 130 Å². The maximum atomic E-state index is 12.6. The summed E-state index contributed by atoms with van der Waals surface area (Å²) < 4.78 is 0. The monoisotopic (exact) mass is 353 g/mol. The number of carbonyl (C=O) groups is 1. The molecule has 1 amide bonds. The molecule has 0 rings (SSSR count). The van der Waals surface area contributed by atoms with Crippen LogP contribution in [0.4, 0.5) is 0 Å². The highest BCUT2D eigenvalue weighted by Gasteiger charge is 2.12. The van der Waals surface area contributed by atoms with Gasteiger partial charge in [0.15, 0.2) is 0 Å². The van der Waals surface area contributed by atoms with E-state index in [1.54, 1.807) is 0 Å². The molecular weight excluding hydrogens is 306 g/mol. The summed E-state index contributed by atoms with van der Waals surface area (Å²) in [4.78, 5) is 14.7. The van der Waals surface area contributed by atoms with E-state index in [9.17, 15) is 4.79 Å². The fraction of sp³-hybridized carbons (Fsp3) is 0.957. The second-order valence-electron chi connectivity index (χ2n) is 7.73. The van der Waals surface area contributed by atoms with E-state index in [1.165, 1.54) is 96.3 Å². The zero-order valence-electron chi connectivity index (χ0n) is 17.8. The summed E-state index contributed by atoms with van der Waals surface area (Å²) >= 11 is 0. The van der Waals surface area contributed by atoms with Gasteiger partial charge < -0.3 is 4.90 Å². The Labute approximate surface area is 159 Å². The molecule has 2 nitrogen and oxygen atoms in total. The molecule has 0 aliphatic rings. The number of unbranched alkanes of at least 4 members (excludes halogenated alkanes) is 13. The molecule has 2 heteroatoms.